The smallest absolute Gasteiger partial charge is 0.278 e. The van der Waals surface area contributed by atoms with Gasteiger partial charge in [-0.05, 0) is 58.1 Å². The highest BCUT2D eigenvalue weighted by molar-refractivity contribution is 6.01. The molecule has 0 saturated heterocycles. The molecule has 3 N–H and O–H groups in total. The highest BCUT2D eigenvalue weighted by atomic mass is 16.1. The van der Waals surface area contributed by atoms with E-state index in [0.29, 0.717) is 0 Å². The molecule has 0 atom stereocenters. The van der Waals surface area contributed by atoms with Crippen LogP contribution < -0.4 is 16.2 Å². The Hall–Kier alpha value is -4.05. The van der Waals surface area contributed by atoms with Crippen molar-refractivity contribution in [1.29, 1.82) is 5.41 Å². The second-order valence-corrected chi connectivity index (χ2v) is 8.68. The summed E-state index contributed by atoms with van der Waals surface area (Å²) in [6, 6.07) is 7.96. The number of anilines is 2. The van der Waals surface area contributed by atoms with Crippen molar-refractivity contribution in [2.24, 2.45) is 0 Å². The number of fused-ring (bicyclic) bond motifs is 1. The molecular weight excluding hydrogens is 444 g/mol. The first-order valence-electron chi connectivity index (χ1n) is 11.4. The van der Waals surface area contributed by atoms with E-state index in [1.807, 2.05) is 52.2 Å². The number of amides is 1. The fraction of sp³-hybridized carbons (Fsp3) is 0.320. The number of nitrogens with zero attached hydrogens (tertiary/aromatic N) is 5. The molecule has 0 fully saturated rings. The molecule has 0 bridgehead atoms. The van der Waals surface area contributed by atoms with Gasteiger partial charge in [0.25, 0.3) is 5.56 Å². The average molecular weight is 477 g/mol. The van der Waals surface area contributed by atoms with Gasteiger partial charge in [0.1, 0.15) is 11.2 Å². The van der Waals surface area contributed by atoms with Gasteiger partial charge in [0.15, 0.2) is 5.65 Å². The Morgan fingerprint density at radius 2 is 1.94 bits per heavy atom. The summed E-state index contributed by atoms with van der Waals surface area (Å²) >= 11 is 0. The van der Waals surface area contributed by atoms with Crippen molar-refractivity contribution in [3.8, 4) is 0 Å². The minimum Gasteiger partial charge on any atom is -0.350 e. The fourth-order valence-corrected chi connectivity index (χ4v) is 3.41. The van der Waals surface area contributed by atoms with Gasteiger partial charge in [-0.3, -0.25) is 15.0 Å². The highest BCUT2D eigenvalue weighted by Crippen LogP contribution is 2.17. The van der Waals surface area contributed by atoms with E-state index in [2.05, 4.69) is 32.1 Å². The van der Waals surface area contributed by atoms with E-state index in [1.165, 1.54) is 33.3 Å². The molecule has 184 valence electrons. The molecule has 0 saturated carbocycles. The third kappa shape index (κ3) is 6.51. The summed E-state index contributed by atoms with van der Waals surface area (Å²) in [5.41, 5.74) is 1.94. The van der Waals surface area contributed by atoms with Crippen LogP contribution in [0, 0.1) is 5.41 Å². The number of nitrogens with one attached hydrogen (secondary N) is 3. The van der Waals surface area contributed by atoms with E-state index < -0.39 is 0 Å². The summed E-state index contributed by atoms with van der Waals surface area (Å²) in [6.45, 7) is 8.53. The highest BCUT2D eigenvalue weighted by Gasteiger charge is 2.17. The van der Waals surface area contributed by atoms with E-state index in [9.17, 15) is 9.59 Å². The molecule has 0 radical (unpaired) electrons. The zero-order valence-corrected chi connectivity index (χ0v) is 20.6. The van der Waals surface area contributed by atoms with Gasteiger partial charge in [-0.15, -0.1) is 6.58 Å². The third-order valence-electron chi connectivity index (χ3n) is 5.09. The normalized spacial score (nSPS) is 11.5. The number of aromatic nitrogens is 4. The third-order valence-corrected chi connectivity index (χ3v) is 5.09. The number of carbonyl (C=O) groups excluding carboxylic acids is 1. The molecule has 0 unspecified atom stereocenters. The Balaban J connectivity index is 1.92. The molecule has 3 rings (SSSR count). The second-order valence-electron chi connectivity index (χ2n) is 8.68. The van der Waals surface area contributed by atoms with Crippen LogP contribution in [0.1, 0.15) is 19.4 Å². The lowest BCUT2D eigenvalue weighted by atomic mass is 10.1. The van der Waals surface area contributed by atoms with Gasteiger partial charge in [-0.25, -0.2) is 14.3 Å². The summed E-state index contributed by atoms with van der Waals surface area (Å²) < 4.78 is 2.69. The van der Waals surface area contributed by atoms with Crippen molar-refractivity contribution in [2.75, 3.05) is 26.0 Å². The van der Waals surface area contributed by atoms with Gasteiger partial charge >= 0.3 is 0 Å². The molecule has 0 aliphatic rings. The van der Waals surface area contributed by atoms with Crippen molar-refractivity contribution < 1.29 is 4.79 Å². The van der Waals surface area contributed by atoms with Gasteiger partial charge in [0.05, 0.1) is 6.54 Å². The molecule has 10 heteroatoms. The maximum Gasteiger partial charge on any atom is 0.278 e. The fourth-order valence-electron chi connectivity index (χ4n) is 3.41. The van der Waals surface area contributed by atoms with Crippen LogP contribution in [-0.2, 0) is 17.8 Å². The topological polar surface area (TPSA) is 121 Å². The Morgan fingerprint density at radius 3 is 2.57 bits per heavy atom. The summed E-state index contributed by atoms with van der Waals surface area (Å²) in [7, 11) is 4.09. The summed E-state index contributed by atoms with van der Waals surface area (Å²) in [5.74, 6) is -0.130. The van der Waals surface area contributed by atoms with E-state index in [-0.39, 0.29) is 46.9 Å². The van der Waals surface area contributed by atoms with Crippen molar-refractivity contribution in [2.45, 2.75) is 32.9 Å². The van der Waals surface area contributed by atoms with Crippen LogP contribution in [0.2, 0.25) is 0 Å². The molecule has 0 aliphatic heterocycles. The van der Waals surface area contributed by atoms with Crippen LogP contribution in [0.4, 0.5) is 11.6 Å². The van der Waals surface area contributed by atoms with Crippen molar-refractivity contribution in [3.63, 3.8) is 0 Å². The molecule has 10 nitrogen and oxygen atoms in total. The Morgan fingerprint density at radius 1 is 1.23 bits per heavy atom. The average Bonchev–Trinajstić information content (AvgIpc) is 3.08. The maximum atomic E-state index is 12.9. The molecule has 1 aromatic carbocycles. The van der Waals surface area contributed by atoms with E-state index in [1.54, 1.807) is 6.08 Å². The predicted molar refractivity (Wildman–Crippen MR) is 140 cm³/mol. The Kier molecular flexibility index (Phi) is 8.32. The lowest BCUT2D eigenvalue weighted by molar-refractivity contribution is -0.116. The number of benzene rings is 1. The SMILES string of the molecule is C=CCn1c(=O)c2cnc(Nc3ccc(CCN(C)C)cc3)nc2n1C(=N)/C=C\C(=O)NC(C)C. The number of likely N-dealkylation sites (N-methyl/N-ethyl adjacent to an activating group) is 1. The monoisotopic (exact) mass is 476 g/mol. The lowest BCUT2D eigenvalue weighted by Crippen LogP contribution is -2.29. The van der Waals surface area contributed by atoms with Crippen LogP contribution >= 0.6 is 0 Å². The molecule has 3 aromatic rings. The van der Waals surface area contributed by atoms with Gasteiger partial charge < -0.3 is 15.5 Å². The van der Waals surface area contributed by atoms with Crippen LogP contribution in [-0.4, -0.2) is 62.7 Å². The van der Waals surface area contributed by atoms with E-state index in [0.717, 1.165) is 18.7 Å². The quantitative estimate of drug-likeness (QED) is 0.179. The number of hydrogen-bond donors (Lipinski definition) is 3. The van der Waals surface area contributed by atoms with Crippen LogP contribution in [0.3, 0.4) is 0 Å². The van der Waals surface area contributed by atoms with Crippen LogP contribution in [0.15, 0.2) is 60.1 Å². The van der Waals surface area contributed by atoms with Crippen molar-refractivity contribution in [1.82, 2.24) is 29.5 Å². The molecule has 35 heavy (non-hydrogen) atoms. The molecule has 1 amide bonds. The summed E-state index contributed by atoms with van der Waals surface area (Å²) in [4.78, 5) is 35.9. The number of carbonyl (C=O) groups is 1. The van der Waals surface area contributed by atoms with Gasteiger partial charge in [0.2, 0.25) is 11.9 Å². The largest absolute Gasteiger partial charge is 0.350 e. The van der Waals surface area contributed by atoms with Crippen LogP contribution in [0.25, 0.3) is 11.0 Å². The predicted octanol–water partition coefficient (Wildman–Crippen LogP) is 2.53. The molecule has 0 spiro atoms. The molecule has 2 heterocycles. The first-order valence-corrected chi connectivity index (χ1v) is 11.4. The Labute approximate surface area is 204 Å². The molecular formula is C25H32N8O2. The minimum absolute atomic E-state index is 0.0314. The zero-order chi connectivity index (χ0) is 25.5. The maximum absolute atomic E-state index is 12.9. The zero-order valence-electron chi connectivity index (χ0n) is 20.6. The van der Waals surface area contributed by atoms with Crippen molar-refractivity contribution in [3.05, 3.63) is 71.2 Å². The van der Waals surface area contributed by atoms with E-state index >= 15 is 0 Å². The van der Waals surface area contributed by atoms with E-state index in [4.69, 9.17) is 5.41 Å². The van der Waals surface area contributed by atoms with Gasteiger partial charge in [-0.2, -0.15) is 4.98 Å². The number of hydrogen-bond acceptors (Lipinski definition) is 7. The summed E-state index contributed by atoms with van der Waals surface area (Å²) in [6.07, 6.45) is 6.54. The lowest BCUT2D eigenvalue weighted by Gasteiger charge is -2.11. The number of allylic oxidation sites excluding steroid dienone is 2. The van der Waals surface area contributed by atoms with Gasteiger partial charge in [-0.1, -0.05) is 18.2 Å². The first kappa shape index (κ1) is 25.6. The van der Waals surface area contributed by atoms with Crippen molar-refractivity contribution >= 4 is 34.4 Å². The van der Waals surface area contributed by atoms with Crippen LogP contribution in [0.5, 0.6) is 0 Å². The Bertz CT molecular complexity index is 1300. The standard InChI is InChI=1S/C25H32N8O2/c1-6-14-32-24(35)20-16-27-25(29-19-9-7-18(8-10-19)13-15-31(4)5)30-23(20)33(32)21(26)11-12-22(34)28-17(2)3/h6-12,16-17,26H,1,13-15H2,2-5H3,(H,28,34)(H,27,29,30)/b12-11-,26-21?. The second kappa shape index (κ2) is 11.4. The number of rotatable bonds is 10. The minimum atomic E-state index is -0.346. The summed E-state index contributed by atoms with van der Waals surface area (Å²) in [5, 5.41) is 14.7. The molecule has 2 aromatic heterocycles. The van der Waals surface area contributed by atoms with Gasteiger partial charge in [0, 0.05) is 30.5 Å². The molecule has 0 aliphatic carbocycles. The first-order chi connectivity index (χ1) is 16.7.